The third-order valence-electron chi connectivity index (χ3n) is 6.16. The van der Waals surface area contributed by atoms with Gasteiger partial charge in [0.15, 0.2) is 12.4 Å². The minimum absolute atomic E-state index is 0.837. The molecule has 1 aromatic heterocycles. The molecular formula is C29H26NO3+. The average Bonchev–Trinajstić information content (AvgIpc) is 2.87. The molecule has 0 saturated carbocycles. The van der Waals surface area contributed by atoms with E-state index in [0.717, 1.165) is 33.8 Å². The van der Waals surface area contributed by atoms with Crippen molar-refractivity contribution in [3.63, 3.8) is 0 Å². The third-order valence-corrected chi connectivity index (χ3v) is 6.16. The summed E-state index contributed by atoms with van der Waals surface area (Å²) in [6.07, 6.45) is 4.28. The van der Waals surface area contributed by atoms with Crippen molar-refractivity contribution in [3.8, 4) is 39.5 Å². The molecule has 0 fully saturated rings. The van der Waals surface area contributed by atoms with Gasteiger partial charge in [-0.25, -0.2) is 4.57 Å². The van der Waals surface area contributed by atoms with Crippen LogP contribution in [-0.4, -0.2) is 21.3 Å². The molecule has 4 nitrogen and oxygen atoms in total. The molecule has 0 saturated heterocycles. The van der Waals surface area contributed by atoms with Crippen molar-refractivity contribution in [3.05, 3.63) is 85.2 Å². The molecule has 0 aliphatic carbocycles. The predicted molar refractivity (Wildman–Crippen MR) is 133 cm³/mol. The molecule has 5 rings (SSSR count). The van der Waals surface area contributed by atoms with Crippen LogP contribution in [0.3, 0.4) is 0 Å². The van der Waals surface area contributed by atoms with Crippen molar-refractivity contribution >= 4 is 21.5 Å². The molecule has 0 bridgehead atoms. The van der Waals surface area contributed by atoms with E-state index < -0.39 is 0 Å². The van der Waals surface area contributed by atoms with E-state index in [1.165, 1.54) is 27.3 Å². The van der Waals surface area contributed by atoms with Gasteiger partial charge in [0.2, 0.25) is 0 Å². The quantitative estimate of drug-likeness (QED) is 0.244. The monoisotopic (exact) mass is 436 g/mol. The molecule has 4 heteroatoms. The predicted octanol–water partition coefficient (Wildman–Crippen LogP) is 6.18. The Bertz CT molecular complexity index is 1460. The highest BCUT2D eigenvalue weighted by Crippen LogP contribution is 2.45. The molecule has 33 heavy (non-hydrogen) atoms. The van der Waals surface area contributed by atoms with Crippen molar-refractivity contribution in [1.82, 2.24) is 0 Å². The van der Waals surface area contributed by atoms with E-state index in [2.05, 4.69) is 66.5 Å². The molecule has 0 radical (unpaired) electrons. The van der Waals surface area contributed by atoms with Crippen LogP contribution < -0.4 is 18.8 Å². The molecule has 5 aromatic rings. The summed E-state index contributed by atoms with van der Waals surface area (Å²) in [5.41, 5.74) is 4.64. The zero-order valence-corrected chi connectivity index (χ0v) is 19.3. The van der Waals surface area contributed by atoms with Crippen LogP contribution >= 0.6 is 0 Å². The topological polar surface area (TPSA) is 31.6 Å². The fourth-order valence-electron chi connectivity index (χ4n) is 4.51. The van der Waals surface area contributed by atoms with Gasteiger partial charge in [0.25, 0.3) is 0 Å². The van der Waals surface area contributed by atoms with Crippen LogP contribution in [0.1, 0.15) is 0 Å². The van der Waals surface area contributed by atoms with Crippen LogP contribution in [0.5, 0.6) is 17.2 Å². The second-order valence-corrected chi connectivity index (χ2v) is 8.06. The van der Waals surface area contributed by atoms with Gasteiger partial charge in [-0.1, -0.05) is 30.3 Å². The molecule has 0 unspecified atom stereocenters. The number of hydrogen-bond donors (Lipinski definition) is 0. The first-order valence-corrected chi connectivity index (χ1v) is 10.8. The summed E-state index contributed by atoms with van der Waals surface area (Å²) in [6.45, 7) is 0. The Kier molecular flexibility index (Phi) is 5.35. The van der Waals surface area contributed by atoms with Crippen LogP contribution in [0.2, 0.25) is 0 Å². The Morgan fingerprint density at radius 1 is 0.515 bits per heavy atom. The van der Waals surface area contributed by atoms with Crippen LogP contribution in [0.4, 0.5) is 0 Å². The number of aromatic nitrogens is 1. The highest BCUT2D eigenvalue weighted by Gasteiger charge is 2.20. The van der Waals surface area contributed by atoms with Crippen molar-refractivity contribution in [2.75, 3.05) is 21.3 Å². The Morgan fingerprint density at radius 2 is 1.00 bits per heavy atom. The SMILES string of the molecule is COc1ccc(-c2c(-c3ccc(OC)cc3)c3cc[n+](C)cc3c3cc(OC)ccc23)cc1. The molecule has 0 N–H and O–H groups in total. The van der Waals surface area contributed by atoms with Crippen molar-refractivity contribution in [2.24, 2.45) is 7.05 Å². The number of nitrogens with zero attached hydrogens (tertiary/aromatic N) is 1. The van der Waals surface area contributed by atoms with E-state index >= 15 is 0 Å². The lowest BCUT2D eigenvalue weighted by Gasteiger charge is -2.18. The van der Waals surface area contributed by atoms with Crippen molar-refractivity contribution < 1.29 is 18.8 Å². The molecule has 0 spiro atoms. The van der Waals surface area contributed by atoms with E-state index in [9.17, 15) is 0 Å². The highest BCUT2D eigenvalue weighted by atomic mass is 16.5. The summed E-state index contributed by atoms with van der Waals surface area (Å²) >= 11 is 0. The zero-order valence-electron chi connectivity index (χ0n) is 19.3. The second-order valence-electron chi connectivity index (χ2n) is 8.06. The molecule has 0 atom stereocenters. The number of ether oxygens (including phenoxy) is 3. The molecular weight excluding hydrogens is 410 g/mol. The van der Waals surface area contributed by atoms with E-state index in [-0.39, 0.29) is 0 Å². The normalized spacial score (nSPS) is 11.0. The summed E-state index contributed by atoms with van der Waals surface area (Å²) in [7, 11) is 7.14. The number of benzene rings is 4. The van der Waals surface area contributed by atoms with Gasteiger partial charge < -0.3 is 14.2 Å². The zero-order chi connectivity index (χ0) is 22.9. The summed E-state index contributed by atoms with van der Waals surface area (Å²) < 4.78 is 18.5. The molecule has 164 valence electrons. The number of pyridine rings is 1. The number of hydrogen-bond acceptors (Lipinski definition) is 3. The van der Waals surface area contributed by atoms with Gasteiger partial charge in [0.1, 0.15) is 24.3 Å². The molecule has 4 aromatic carbocycles. The van der Waals surface area contributed by atoms with Crippen molar-refractivity contribution in [1.29, 1.82) is 0 Å². The minimum Gasteiger partial charge on any atom is -0.497 e. The van der Waals surface area contributed by atoms with Gasteiger partial charge in [0, 0.05) is 11.5 Å². The summed E-state index contributed by atoms with van der Waals surface area (Å²) in [5, 5.41) is 4.69. The van der Waals surface area contributed by atoms with Crippen LogP contribution in [-0.2, 0) is 7.05 Å². The van der Waals surface area contributed by atoms with E-state index in [4.69, 9.17) is 14.2 Å². The maximum atomic E-state index is 5.58. The largest absolute Gasteiger partial charge is 0.497 e. The van der Waals surface area contributed by atoms with Gasteiger partial charge in [-0.3, -0.25) is 0 Å². The second kappa shape index (κ2) is 8.47. The van der Waals surface area contributed by atoms with Gasteiger partial charge in [-0.15, -0.1) is 0 Å². The Labute approximate surface area is 193 Å². The Balaban J connectivity index is 1.95. The maximum Gasteiger partial charge on any atom is 0.177 e. The van der Waals surface area contributed by atoms with Gasteiger partial charge in [-0.2, -0.15) is 0 Å². The summed E-state index contributed by atoms with van der Waals surface area (Å²) in [6, 6.07) is 25.1. The Hall–Kier alpha value is -4.05. The van der Waals surface area contributed by atoms with Crippen LogP contribution in [0.15, 0.2) is 85.2 Å². The highest BCUT2D eigenvalue weighted by molar-refractivity contribution is 6.21. The number of rotatable bonds is 5. The smallest absolute Gasteiger partial charge is 0.177 e. The third kappa shape index (κ3) is 3.64. The summed E-state index contributed by atoms with van der Waals surface area (Å²) in [5.74, 6) is 2.52. The number of fused-ring (bicyclic) bond motifs is 3. The Morgan fingerprint density at radius 3 is 1.52 bits per heavy atom. The lowest BCUT2D eigenvalue weighted by molar-refractivity contribution is -0.670. The standard InChI is InChI=1S/C29H26NO3/c1-30-16-15-25-27(18-30)26-17-23(33-4)13-14-24(26)28(19-5-9-21(31-2)10-6-19)29(25)20-7-11-22(32-3)12-8-20/h5-18H,1-4H3/q+1. The van der Waals surface area contributed by atoms with Crippen molar-refractivity contribution in [2.45, 2.75) is 0 Å². The first-order chi connectivity index (χ1) is 16.1. The minimum atomic E-state index is 0.837. The number of aryl methyl sites for hydroxylation is 1. The van der Waals surface area contributed by atoms with Gasteiger partial charge in [-0.05, 0) is 69.4 Å². The molecule has 1 heterocycles. The maximum absolute atomic E-state index is 5.58. The van der Waals surface area contributed by atoms with Gasteiger partial charge >= 0.3 is 0 Å². The first kappa shape index (κ1) is 20.8. The van der Waals surface area contributed by atoms with E-state index in [1.807, 2.05) is 30.3 Å². The van der Waals surface area contributed by atoms with Crippen LogP contribution in [0, 0.1) is 0 Å². The van der Waals surface area contributed by atoms with E-state index in [1.54, 1.807) is 21.3 Å². The average molecular weight is 437 g/mol. The first-order valence-electron chi connectivity index (χ1n) is 10.8. The molecule has 0 aliphatic heterocycles. The fourth-order valence-corrected chi connectivity index (χ4v) is 4.51. The molecule has 0 aliphatic rings. The molecule has 0 amide bonds. The lowest BCUT2D eigenvalue weighted by Crippen LogP contribution is -2.26. The lowest BCUT2D eigenvalue weighted by atomic mass is 9.85. The van der Waals surface area contributed by atoms with Crippen LogP contribution in [0.25, 0.3) is 43.8 Å². The van der Waals surface area contributed by atoms with E-state index in [0.29, 0.717) is 0 Å². The fraction of sp³-hybridized carbons (Fsp3) is 0.138. The summed E-state index contributed by atoms with van der Waals surface area (Å²) in [4.78, 5) is 0. The van der Waals surface area contributed by atoms with Gasteiger partial charge in [0.05, 0.1) is 26.7 Å². The number of methoxy groups -OCH3 is 3.